The second-order valence-electron chi connectivity index (χ2n) is 7.10. The van der Waals surface area contributed by atoms with Gasteiger partial charge < -0.3 is 19.7 Å². The van der Waals surface area contributed by atoms with Crippen LogP contribution in [0.5, 0.6) is 0 Å². The van der Waals surface area contributed by atoms with Gasteiger partial charge in [0.25, 0.3) is 5.91 Å². The molecule has 28 heavy (non-hydrogen) atoms. The Kier molecular flexibility index (Phi) is 6.36. The first-order valence-electron chi connectivity index (χ1n) is 9.89. The molecule has 0 aliphatic carbocycles. The molecule has 0 unspecified atom stereocenters. The number of ether oxygens (including phenoxy) is 2. The van der Waals surface area contributed by atoms with E-state index in [9.17, 15) is 4.79 Å². The number of aromatic nitrogens is 2. The molecule has 0 bridgehead atoms. The molecule has 2 aromatic heterocycles. The average Bonchev–Trinajstić information content (AvgIpc) is 3.09. The Morgan fingerprint density at radius 1 is 1.14 bits per heavy atom. The highest BCUT2D eigenvalue weighted by molar-refractivity contribution is 7.20. The topological polar surface area (TPSA) is 79.8 Å². The van der Waals surface area contributed by atoms with E-state index in [0.717, 1.165) is 72.3 Å². The molecule has 2 aliphatic rings. The average molecular weight is 406 g/mol. The van der Waals surface area contributed by atoms with E-state index < -0.39 is 0 Å². The SMILES string of the molecule is Cc1c(C(=O)N2CCOCC2)sc2ncnc(NCCCN3CCOCC3)c12. The molecule has 4 heterocycles. The van der Waals surface area contributed by atoms with Crippen LogP contribution in [-0.2, 0) is 9.47 Å². The number of thiophene rings is 1. The lowest BCUT2D eigenvalue weighted by Crippen LogP contribution is -2.40. The van der Waals surface area contributed by atoms with Crippen molar-refractivity contribution in [3.63, 3.8) is 0 Å². The van der Waals surface area contributed by atoms with E-state index in [-0.39, 0.29) is 5.91 Å². The fraction of sp³-hybridized carbons (Fsp3) is 0.632. The van der Waals surface area contributed by atoms with Gasteiger partial charge in [-0.25, -0.2) is 9.97 Å². The standard InChI is InChI=1S/C19H27N5O3S/c1-14-15-17(20-3-2-4-23-5-9-26-10-6-23)21-13-22-18(15)28-16(14)19(25)24-7-11-27-12-8-24/h13H,2-12H2,1H3,(H,20,21,22). The third-order valence-electron chi connectivity index (χ3n) is 5.27. The van der Waals surface area contributed by atoms with E-state index in [1.165, 1.54) is 11.3 Å². The number of rotatable bonds is 6. The minimum Gasteiger partial charge on any atom is -0.379 e. The number of carbonyl (C=O) groups is 1. The predicted octanol–water partition coefficient (Wildman–Crippen LogP) is 1.61. The molecule has 0 spiro atoms. The fourth-order valence-corrected chi connectivity index (χ4v) is 4.77. The Balaban J connectivity index is 1.43. The molecule has 0 aromatic carbocycles. The van der Waals surface area contributed by atoms with Gasteiger partial charge in [0.05, 0.1) is 36.7 Å². The third kappa shape index (κ3) is 4.27. The molecule has 2 aliphatic heterocycles. The fourth-order valence-electron chi connectivity index (χ4n) is 3.65. The van der Waals surface area contributed by atoms with E-state index >= 15 is 0 Å². The number of carbonyl (C=O) groups excluding carboxylic acids is 1. The van der Waals surface area contributed by atoms with Crippen LogP contribution in [0.1, 0.15) is 21.7 Å². The summed E-state index contributed by atoms with van der Waals surface area (Å²) < 4.78 is 10.8. The van der Waals surface area contributed by atoms with Crippen molar-refractivity contribution in [2.45, 2.75) is 13.3 Å². The second-order valence-corrected chi connectivity index (χ2v) is 8.10. The minimum absolute atomic E-state index is 0.0714. The number of hydrogen-bond acceptors (Lipinski definition) is 8. The molecular weight excluding hydrogens is 378 g/mol. The number of nitrogens with one attached hydrogen (secondary N) is 1. The van der Waals surface area contributed by atoms with Crippen molar-refractivity contribution in [2.75, 3.05) is 71.0 Å². The lowest BCUT2D eigenvalue weighted by molar-refractivity contribution is 0.0306. The van der Waals surface area contributed by atoms with Crippen LogP contribution in [0, 0.1) is 6.92 Å². The van der Waals surface area contributed by atoms with Crippen LogP contribution < -0.4 is 5.32 Å². The molecule has 0 radical (unpaired) electrons. The molecule has 8 nitrogen and oxygen atoms in total. The van der Waals surface area contributed by atoms with Gasteiger partial charge in [-0.15, -0.1) is 11.3 Å². The summed E-state index contributed by atoms with van der Waals surface area (Å²) in [6, 6.07) is 0. The Hall–Kier alpha value is -1.81. The summed E-state index contributed by atoms with van der Waals surface area (Å²) in [6.45, 7) is 10.0. The van der Waals surface area contributed by atoms with Crippen LogP contribution in [0.25, 0.3) is 10.2 Å². The first-order chi connectivity index (χ1) is 13.7. The third-order valence-corrected chi connectivity index (χ3v) is 6.45. The van der Waals surface area contributed by atoms with Gasteiger partial charge in [-0.2, -0.15) is 0 Å². The zero-order valence-corrected chi connectivity index (χ0v) is 17.1. The lowest BCUT2D eigenvalue weighted by atomic mass is 10.2. The summed E-state index contributed by atoms with van der Waals surface area (Å²) >= 11 is 1.46. The van der Waals surface area contributed by atoms with Crippen LogP contribution in [0.3, 0.4) is 0 Å². The Morgan fingerprint density at radius 3 is 2.61 bits per heavy atom. The highest BCUT2D eigenvalue weighted by Crippen LogP contribution is 2.34. The molecular formula is C19H27N5O3S. The Bertz CT molecular complexity index is 815. The number of aryl methyl sites for hydroxylation is 1. The maximum absolute atomic E-state index is 12.9. The normalized spacial score (nSPS) is 18.5. The summed E-state index contributed by atoms with van der Waals surface area (Å²) in [5.74, 6) is 0.892. The molecule has 2 aromatic rings. The van der Waals surface area contributed by atoms with Crippen molar-refractivity contribution in [1.82, 2.24) is 19.8 Å². The van der Waals surface area contributed by atoms with Crippen LogP contribution in [0.4, 0.5) is 5.82 Å². The molecule has 152 valence electrons. The number of nitrogens with zero attached hydrogens (tertiary/aromatic N) is 4. The summed E-state index contributed by atoms with van der Waals surface area (Å²) in [4.78, 5) is 27.7. The zero-order valence-electron chi connectivity index (χ0n) is 16.3. The lowest BCUT2D eigenvalue weighted by Gasteiger charge is -2.26. The van der Waals surface area contributed by atoms with E-state index in [1.54, 1.807) is 6.33 Å². The van der Waals surface area contributed by atoms with E-state index in [0.29, 0.717) is 26.3 Å². The number of amides is 1. The first-order valence-corrected chi connectivity index (χ1v) is 10.7. The van der Waals surface area contributed by atoms with Crippen molar-refractivity contribution in [1.29, 1.82) is 0 Å². The van der Waals surface area contributed by atoms with Gasteiger partial charge in [-0.3, -0.25) is 9.69 Å². The van der Waals surface area contributed by atoms with Crippen molar-refractivity contribution in [2.24, 2.45) is 0 Å². The van der Waals surface area contributed by atoms with Gasteiger partial charge in [0.2, 0.25) is 0 Å². The van der Waals surface area contributed by atoms with E-state index in [4.69, 9.17) is 9.47 Å². The number of anilines is 1. The quantitative estimate of drug-likeness (QED) is 0.732. The van der Waals surface area contributed by atoms with Crippen LogP contribution in [0.15, 0.2) is 6.33 Å². The molecule has 2 saturated heterocycles. The zero-order chi connectivity index (χ0) is 19.3. The highest BCUT2D eigenvalue weighted by Gasteiger charge is 2.24. The predicted molar refractivity (Wildman–Crippen MR) is 109 cm³/mol. The highest BCUT2D eigenvalue weighted by atomic mass is 32.1. The molecule has 0 saturated carbocycles. The van der Waals surface area contributed by atoms with E-state index in [2.05, 4.69) is 20.2 Å². The molecule has 0 atom stereocenters. The monoisotopic (exact) mass is 405 g/mol. The minimum atomic E-state index is 0.0714. The van der Waals surface area contributed by atoms with Gasteiger partial charge in [-0.05, 0) is 25.5 Å². The van der Waals surface area contributed by atoms with Crippen molar-refractivity contribution < 1.29 is 14.3 Å². The summed E-state index contributed by atoms with van der Waals surface area (Å²) in [7, 11) is 0. The smallest absolute Gasteiger partial charge is 0.264 e. The second kappa shape index (κ2) is 9.13. The number of fused-ring (bicyclic) bond motifs is 1. The van der Waals surface area contributed by atoms with Crippen molar-refractivity contribution in [3.05, 3.63) is 16.8 Å². The largest absolute Gasteiger partial charge is 0.379 e. The van der Waals surface area contributed by atoms with Crippen LogP contribution in [0.2, 0.25) is 0 Å². The Morgan fingerprint density at radius 2 is 1.86 bits per heavy atom. The first kappa shape index (κ1) is 19.5. The summed E-state index contributed by atoms with van der Waals surface area (Å²) in [5, 5.41) is 4.42. The van der Waals surface area contributed by atoms with Crippen molar-refractivity contribution in [3.8, 4) is 0 Å². The van der Waals surface area contributed by atoms with Gasteiger partial charge in [0.1, 0.15) is 17.0 Å². The molecule has 9 heteroatoms. The molecule has 4 rings (SSSR count). The maximum atomic E-state index is 12.9. The Labute approximate surface area is 168 Å². The molecule has 1 N–H and O–H groups in total. The number of hydrogen-bond donors (Lipinski definition) is 1. The van der Waals surface area contributed by atoms with Crippen molar-refractivity contribution >= 4 is 33.3 Å². The summed E-state index contributed by atoms with van der Waals surface area (Å²) in [6.07, 6.45) is 2.61. The molecule has 2 fully saturated rings. The molecule has 1 amide bonds. The maximum Gasteiger partial charge on any atom is 0.264 e. The van der Waals surface area contributed by atoms with Gasteiger partial charge in [0, 0.05) is 32.7 Å². The van der Waals surface area contributed by atoms with Gasteiger partial charge in [0.15, 0.2) is 0 Å². The van der Waals surface area contributed by atoms with E-state index in [1.807, 2.05) is 11.8 Å². The van der Waals surface area contributed by atoms with Crippen LogP contribution >= 0.6 is 11.3 Å². The van der Waals surface area contributed by atoms with Gasteiger partial charge in [-0.1, -0.05) is 0 Å². The number of morpholine rings is 2. The van der Waals surface area contributed by atoms with Crippen LogP contribution in [-0.4, -0.2) is 91.4 Å². The van der Waals surface area contributed by atoms with Gasteiger partial charge >= 0.3 is 0 Å². The summed E-state index contributed by atoms with van der Waals surface area (Å²) in [5.41, 5.74) is 0.966.